The van der Waals surface area contributed by atoms with Crippen molar-refractivity contribution in [3.05, 3.63) is 112 Å². The van der Waals surface area contributed by atoms with Gasteiger partial charge in [-0.1, -0.05) is 37.3 Å². The molecule has 0 amide bonds. The summed E-state index contributed by atoms with van der Waals surface area (Å²) in [5.74, 6) is 1.86. The van der Waals surface area contributed by atoms with Gasteiger partial charge in [-0.25, -0.2) is 17.6 Å². The highest BCUT2D eigenvalue weighted by Crippen LogP contribution is 2.20. The number of halogens is 4. The molecule has 0 saturated heterocycles. The van der Waals surface area contributed by atoms with Crippen LogP contribution >= 0.6 is 0 Å². The lowest BCUT2D eigenvalue weighted by atomic mass is 10.0. The molecule has 0 spiro atoms. The van der Waals surface area contributed by atoms with Crippen LogP contribution in [0.1, 0.15) is 41.3 Å². The number of hydrogen-bond acceptors (Lipinski definition) is 1. The number of rotatable bonds is 5. The maximum absolute atomic E-state index is 14.6. The van der Waals surface area contributed by atoms with E-state index in [0.717, 1.165) is 30.7 Å². The number of nitrogens with zero attached hydrogens (tertiary/aromatic N) is 1. The molecule has 0 atom stereocenters. The Balaban J connectivity index is 1.50. The number of fused-ring (bicyclic) bond motifs is 1. The van der Waals surface area contributed by atoms with Crippen molar-refractivity contribution in [2.75, 3.05) is 0 Å². The first-order valence-electron chi connectivity index (χ1n) is 10.8. The molecular weight excluding hydrogens is 426 g/mol. The van der Waals surface area contributed by atoms with Crippen LogP contribution < -0.4 is 0 Å². The molecule has 1 nitrogen and oxygen atoms in total. The van der Waals surface area contributed by atoms with Gasteiger partial charge in [0, 0.05) is 17.5 Å². The Labute approximate surface area is 190 Å². The highest BCUT2D eigenvalue weighted by molar-refractivity contribution is 5.84. The SMILES string of the molecule is CCCc1ccc(CCc2cc(F)c(C#Cc3ccc4cc(F)c(F)cc4c3)c(F)c2)nc1. The van der Waals surface area contributed by atoms with Gasteiger partial charge < -0.3 is 0 Å². The normalized spacial score (nSPS) is 10.8. The molecule has 166 valence electrons. The maximum Gasteiger partial charge on any atom is 0.159 e. The van der Waals surface area contributed by atoms with Crippen molar-refractivity contribution in [1.29, 1.82) is 0 Å². The molecule has 0 N–H and O–H groups in total. The zero-order chi connectivity index (χ0) is 23.4. The monoisotopic (exact) mass is 447 g/mol. The average molecular weight is 447 g/mol. The second kappa shape index (κ2) is 9.87. The molecule has 0 fully saturated rings. The van der Waals surface area contributed by atoms with Gasteiger partial charge >= 0.3 is 0 Å². The molecule has 0 aliphatic carbocycles. The Kier molecular flexibility index (Phi) is 6.74. The second-order valence-corrected chi connectivity index (χ2v) is 7.92. The summed E-state index contributed by atoms with van der Waals surface area (Å²) in [6.45, 7) is 2.11. The van der Waals surface area contributed by atoms with Crippen molar-refractivity contribution in [2.24, 2.45) is 0 Å². The zero-order valence-corrected chi connectivity index (χ0v) is 18.1. The van der Waals surface area contributed by atoms with E-state index in [4.69, 9.17) is 0 Å². The molecule has 0 radical (unpaired) electrons. The maximum atomic E-state index is 14.6. The molecular formula is C28H21F4N. The van der Waals surface area contributed by atoms with E-state index < -0.39 is 23.3 Å². The first kappa shape index (κ1) is 22.5. The van der Waals surface area contributed by atoms with Crippen LogP contribution in [0.2, 0.25) is 0 Å². The molecule has 0 aliphatic rings. The number of aromatic nitrogens is 1. The molecule has 3 aromatic carbocycles. The molecule has 0 saturated carbocycles. The summed E-state index contributed by atoms with van der Waals surface area (Å²) in [5.41, 5.74) is 2.68. The van der Waals surface area contributed by atoms with Crippen molar-refractivity contribution in [3.8, 4) is 11.8 Å². The second-order valence-electron chi connectivity index (χ2n) is 7.92. The summed E-state index contributed by atoms with van der Waals surface area (Å²) >= 11 is 0. The van der Waals surface area contributed by atoms with Gasteiger partial charge in [0.2, 0.25) is 0 Å². The van der Waals surface area contributed by atoms with Crippen LogP contribution in [0.5, 0.6) is 0 Å². The highest BCUT2D eigenvalue weighted by Gasteiger charge is 2.10. The summed E-state index contributed by atoms with van der Waals surface area (Å²) in [4.78, 5) is 4.42. The third-order valence-electron chi connectivity index (χ3n) is 5.41. The quantitative estimate of drug-likeness (QED) is 0.239. The fraction of sp³-hybridized carbons (Fsp3) is 0.179. The van der Waals surface area contributed by atoms with Crippen LogP contribution in [0.3, 0.4) is 0 Å². The molecule has 1 heterocycles. The van der Waals surface area contributed by atoms with Gasteiger partial charge in [0.25, 0.3) is 0 Å². The minimum atomic E-state index is -0.965. The molecule has 0 unspecified atom stereocenters. The summed E-state index contributed by atoms with van der Waals surface area (Å²) < 4.78 is 56.0. The van der Waals surface area contributed by atoms with Crippen molar-refractivity contribution in [2.45, 2.75) is 32.6 Å². The Hall–Kier alpha value is -3.65. The molecule has 0 bridgehead atoms. The van der Waals surface area contributed by atoms with Crippen LogP contribution in [0.4, 0.5) is 17.6 Å². The predicted molar refractivity (Wildman–Crippen MR) is 122 cm³/mol. The number of hydrogen-bond donors (Lipinski definition) is 0. The lowest BCUT2D eigenvalue weighted by Crippen LogP contribution is -1.99. The van der Waals surface area contributed by atoms with E-state index in [1.807, 2.05) is 18.3 Å². The summed E-state index contributed by atoms with van der Waals surface area (Å²) in [7, 11) is 0. The van der Waals surface area contributed by atoms with Crippen LogP contribution in [0.25, 0.3) is 10.8 Å². The van der Waals surface area contributed by atoms with Crippen LogP contribution in [0.15, 0.2) is 60.8 Å². The molecule has 4 aromatic rings. The molecule has 33 heavy (non-hydrogen) atoms. The fourth-order valence-electron chi connectivity index (χ4n) is 3.66. The van der Waals surface area contributed by atoms with Crippen molar-refractivity contribution in [1.82, 2.24) is 4.98 Å². The number of benzene rings is 3. The van der Waals surface area contributed by atoms with Gasteiger partial charge in [0.05, 0.1) is 5.56 Å². The standard InChI is InChI=1S/C28H21F4N/c1-2-3-19-5-9-23(33-17-19)10-6-20-13-25(29)24(26(30)14-20)11-7-18-4-8-21-15-27(31)28(32)16-22(21)12-18/h4-5,8-9,12-17H,2-3,6,10H2,1H3. The lowest BCUT2D eigenvalue weighted by molar-refractivity contribution is 0.511. The molecule has 1 aromatic heterocycles. The van der Waals surface area contributed by atoms with E-state index in [1.165, 1.54) is 17.7 Å². The molecule has 0 aliphatic heterocycles. The van der Waals surface area contributed by atoms with Crippen molar-refractivity contribution >= 4 is 10.8 Å². The first-order chi connectivity index (χ1) is 15.9. The Morgan fingerprint density at radius 2 is 1.39 bits per heavy atom. The third kappa shape index (κ3) is 5.40. The Morgan fingerprint density at radius 3 is 2.06 bits per heavy atom. The van der Waals surface area contributed by atoms with Crippen LogP contribution in [0, 0.1) is 35.1 Å². The van der Waals surface area contributed by atoms with E-state index in [0.29, 0.717) is 34.7 Å². The smallest absolute Gasteiger partial charge is 0.159 e. The summed E-state index contributed by atoms with van der Waals surface area (Å²) in [6.07, 6.45) is 4.89. The van der Waals surface area contributed by atoms with E-state index in [-0.39, 0.29) is 5.56 Å². The van der Waals surface area contributed by atoms with Gasteiger partial charge in [-0.15, -0.1) is 0 Å². The topological polar surface area (TPSA) is 12.9 Å². The van der Waals surface area contributed by atoms with E-state index >= 15 is 0 Å². The Morgan fingerprint density at radius 1 is 0.667 bits per heavy atom. The largest absolute Gasteiger partial charge is 0.261 e. The highest BCUT2D eigenvalue weighted by atomic mass is 19.2. The minimum Gasteiger partial charge on any atom is -0.261 e. The molecule has 5 heteroatoms. The zero-order valence-electron chi connectivity index (χ0n) is 18.1. The van der Waals surface area contributed by atoms with Crippen molar-refractivity contribution in [3.63, 3.8) is 0 Å². The summed E-state index contributed by atoms with van der Waals surface area (Å²) in [5, 5.41) is 0.962. The lowest BCUT2D eigenvalue weighted by Gasteiger charge is -2.06. The summed E-state index contributed by atoms with van der Waals surface area (Å²) in [6, 6.07) is 13.4. The van der Waals surface area contributed by atoms with Gasteiger partial charge in [0.1, 0.15) is 11.6 Å². The Bertz CT molecular complexity index is 1340. The van der Waals surface area contributed by atoms with E-state index in [9.17, 15) is 17.6 Å². The van der Waals surface area contributed by atoms with E-state index in [1.54, 1.807) is 18.2 Å². The predicted octanol–water partition coefficient (Wildman–Crippen LogP) is 6.93. The van der Waals surface area contributed by atoms with Gasteiger partial charge in [-0.2, -0.15) is 0 Å². The average Bonchev–Trinajstić information content (AvgIpc) is 2.79. The number of aryl methyl sites for hydroxylation is 3. The first-order valence-corrected chi connectivity index (χ1v) is 10.8. The van der Waals surface area contributed by atoms with Gasteiger partial charge in [-0.3, -0.25) is 4.98 Å². The van der Waals surface area contributed by atoms with Crippen LogP contribution in [-0.2, 0) is 19.3 Å². The van der Waals surface area contributed by atoms with Gasteiger partial charge in [0.15, 0.2) is 11.6 Å². The number of pyridine rings is 1. The minimum absolute atomic E-state index is 0.328. The van der Waals surface area contributed by atoms with Crippen LogP contribution in [-0.4, -0.2) is 4.98 Å². The fourth-order valence-corrected chi connectivity index (χ4v) is 3.66. The van der Waals surface area contributed by atoms with Gasteiger partial charge in [-0.05, 0) is 83.6 Å². The third-order valence-corrected chi connectivity index (χ3v) is 5.41. The van der Waals surface area contributed by atoms with Crippen molar-refractivity contribution < 1.29 is 17.6 Å². The van der Waals surface area contributed by atoms with E-state index in [2.05, 4.69) is 23.7 Å². The molecule has 4 rings (SSSR count).